The Bertz CT molecular complexity index is 838. The quantitative estimate of drug-likeness (QED) is 0.712. The van der Waals surface area contributed by atoms with Gasteiger partial charge in [-0.1, -0.05) is 41.4 Å². The molecular formula is C17H17Cl2NO4S. The molecule has 8 heteroatoms. The molecule has 1 N–H and O–H groups in total. The molecule has 0 fully saturated rings. The fourth-order valence-corrected chi connectivity index (χ4v) is 3.84. The van der Waals surface area contributed by atoms with Gasteiger partial charge in [-0.05, 0) is 42.8 Å². The molecule has 0 radical (unpaired) electrons. The fourth-order valence-electron chi connectivity index (χ4n) is 2.23. The molecule has 0 aliphatic rings. The number of sulfonamides is 1. The highest BCUT2D eigenvalue weighted by molar-refractivity contribution is 7.89. The first-order valence-corrected chi connectivity index (χ1v) is 9.75. The molecule has 25 heavy (non-hydrogen) atoms. The summed E-state index contributed by atoms with van der Waals surface area (Å²) in [5.41, 5.74) is 0.495. The number of rotatable bonds is 7. The van der Waals surface area contributed by atoms with Gasteiger partial charge in [0.15, 0.2) is 0 Å². The van der Waals surface area contributed by atoms with Crippen molar-refractivity contribution in [1.29, 1.82) is 0 Å². The smallest absolute Gasteiger partial charge is 0.307 e. The first kappa shape index (κ1) is 19.7. The number of ether oxygens (including phenoxy) is 1. The molecule has 0 aliphatic heterocycles. The molecule has 0 unspecified atom stereocenters. The SMILES string of the molecule is CCOC(=O)C[C@@H](NS(=O)(=O)c1ccc(Cl)cc1)c1ccccc1Cl. The van der Waals surface area contributed by atoms with E-state index in [1.54, 1.807) is 31.2 Å². The molecule has 0 aliphatic carbocycles. The normalized spacial score (nSPS) is 12.6. The van der Waals surface area contributed by atoms with Gasteiger partial charge in [-0.3, -0.25) is 4.79 Å². The van der Waals surface area contributed by atoms with Gasteiger partial charge >= 0.3 is 5.97 Å². The van der Waals surface area contributed by atoms with Crippen LogP contribution in [0.1, 0.15) is 24.9 Å². The summed E-state index contributed by atoms with van der Waals surface area (Å²) in [5, 5.41) is 0.781. The molecule has 2 rings (SSSR count). The van der Waals surface area contributed by atoms with E-state index in [0.717, 1.165) is 0 Å². The van der Waals surface area contributed by atoms with Crippen LogP contribution < -0.4 is 4.72 Å². The molecule has 2 aromatic rings. The zero-order valence-corrected chi connectivity index (χ0v) is 15.7. The highest BCUT2D eigenvalue weighted by Gasteiger charge is 2.25. The summed E-state index contributed by atoms with van der Waals surface area (Å²) in [6.07, 6.45) is -0.176. The zero-order chi connectivity index (χ0) is 18.4. The highest BCUT2D eigenvalue weighted by Crippen LogP contribution is 2.27. The zero-order valence-electron chi connectivity index (χ0n) is 13.4. The van der Waals surface area contributed by atoms with Crippen molar-refractivity contribution in [3.8, 4) is 0 Å². The second-order valence-corrected chi connectivity index (χ2v) is 7.72. The lowest BCUT2D eigenvalue weighted by Crippen LogP contribution is -2.31. The highest BCUT2D eigenvalue weighted by atomic mass is 35.5. The Kier molecular flexibility index (Phi) is 6.84. The van der Waals surface area contributed by atoms with Crippen molar-refractivity contribution in [3.63, 3.8) is 0 Å². The van der Waals surface area contributed by atoms with Crippen LogP contribution >= 0.6 is 23.2 Å². The third-order valence-corrected chi connectivity index (χ3v) is 5.46. The maximum atomic E-state index is 12.6. The van der Waals surface area contributed by atoms with Gasteiger partial charge in [0.1, 0.15) is 0 Å². The minimum absolute atomic E-state index is 0.0396. The number of hydrogen-bond acceptors (Lipinski definition) is 4. The minimum Gasteiger partial charge on any atom is -0.466 e. The van der Waals surface area contributed by atoms with Crippen LogP contribution in [0.15, 0.2) is 53.4 Å². The van der Waals surface area contributed by atoms with Crippen LogP contribution in [-0.2, 0) is 19.6 Å². The van der Waals surface area contributed by atoms with Gasteiger partial charge in [0.25, 0.3) is 0 Å². The molecule has 134 valence electrons. The predicted octanol–water partition coefficient (Wildman–Crippen LogP) is 3.97. The van der Waals surface area contributed by atoms with Crippen LogP contribution in [0.5, 0.6) is 0 Å². The third kappa shape index (κ3) is 5.44. The van der Waals surface area contributed by atoms with E-state index in [0.29, 0.717) is 15.6 Å². The van der Waals surface area contributed by atoms with E-state index in [2.05, 4.69) is 4.72 Å². The Morgan fingerprint density at radius 1 is 1.12 bits per heavy atom. The molecule has 5 nitrogen and oxygen atoms in total. The standard InChI is InChI=1S/C17H17Cl2NO4S/c1-2-24-17(21)11-16(14-5-3-4-6-15(14)19)20-25(22,23)13-9-7-12(18)8-10-13/h3-10,16,20H,2,11H2,1H3/t16-/m1/s1. The van der Waals surface area contributed by atoms with Crippen LogP contribution in [0, 0.1) is 0 Å². The summed E-state index contributed by atoms with van der Waals surface area (Å²) in [6, 6.07) is 11.6. The van der Waals surface area contributed by atoms with Crippen molar-refractivity contribution < 1.29 is 17.9 Å². The maximum absolute atomic E-state index is 12.6. The van der Waals surface area contributed by atoms with Gasteiger partial charge in [-0.25, -0.2) is 13.1 Å². The Morgan fingerprint density at radius 2 is 1.76 bits per heavy atom. The minimum atomic E-state index is -3.88. The Balaban J connectivity index is 2.33. The van der Waals surface area contributed by atoms with Crippen molar-refractivity contribution in [1.82, 2.24) is 4.72 Å². The molecule has 0 bridgehead atoms. The average Bonchev–Trinajstić information content (AvgIpc) is 2.55. The maximum Gasteiger partial charge on any atom is 0.307 e. The van der Waals surface area contributed by atoms with Gasteiger partial charge in [-0.15, -0.1) is 0 Å². The van der Waals surface area contributed by atoms with E-state index in [1.165, 1.54) is 24.3 Å². The number of carbonyl (C=O) groups is 1. The molecule has 0 saturated carbocycles. The van der Waals surface area contributed by atoms with Crippen molar-refractivity contribution in [2.75, 3.05) is 6.61 Å². The predicted molar refractivity (Wildman–Crippen MR) is 97.2 cm³/mol. The van der Waals surface area contributed by atoms with E-state index in [4.69, 9.17) is 27.9 Å². The Labute approximate surface area is 157 Å². The first-order valence-electron chi connectivity index (χ1n) is 7.51. The van der Waals surface area contributed by atoms with Gasteiger partial charge < -0.3 is 4.74 Å². The summed E-state index contributed by atoms with van der Waals surface area (Å²) < 4.78 is 32.7. The summed E-state index contributed by atoms with van der Waals surface area (Å²) in [4.78, 5) is 11.9. The number of halogens is 2. The fraction of sp³-hybridized carbons (Fsp3) is 0.235. The number of nitrogens with one attached hydrogen (secondary N) is 1. The first-order chi connectivity index (χ1) is 11.8. The van der Waals surface area contributed by atoms with E-state index >= 15 is 0 Å². The number of benzene rings is 2. The van der Waals surface area contributed by atoms with Crippen molar-refractivity contribution in [2.45, 2.75) is 24.3 Å². The van der Waals surface area contributed by atoms with Crippen LogP contribution in [0.25, 0.3) is 0 Å². The Morgan fingerprint density at radius 3 is 2.36 bits per heavy atom. The van der Waals surface area contributed by atoms with Crippen LogP contribution in [-0.4, -0.2) is 21.0 Å². The van der Waals surface area contributed by atoms with E-state index in [-0.39, 0.29) is 17.9 Å². The van der Waals surface area contributed by atoms with Gasteiger partial charge in [0.2, 0.25) is 10.0 Å². The van der Waals surface area contributed by atoms with Gasteiger partial charge in [0, 0.05) is 10.0 Å². The van der Waals surface area contributed by atoms with E-state index in [9.17, 15) is 13.2 Å². The van der Waals surface area contributed by atoms with E-state index in [1.807, 2.05) is 0 Å². The van der Waals surface area contributed by atoms with E-state index < -0.39 is 22.0 Å². The summed E-state index contributed by atoms with van der Waals surface area (Å²) >= 11 is 12.0. The lowest BCUT2D eigenvalue weighted by Gasteiger charge is -2.19. The molecule has 1 atom stereocenters. The Hall–Kier alpha value is -1.60. The van der Waals surface area contributed by atoms with Gasteiger partial charge in [0.05, 0.1) is 24.0 Å². The largest absolute Gasteiger partial charge is 0.466 e. The monoisotopic (exact) mass is 401 g/mol. The van der Waals surface area contributed by atoms with Crippen LogP contribution in [0.2, 0.25) is 10.0 Å². The molecule has 0 amide bonds. The van der Waals surface area contributed by atoms with Crippen molar-refractivity contribution >= 4 is 39.2 Å². The molecule has 0 aromatic heterocycles. The van der Waals surface area contributed by atoms with Crippen molar-refractivity contribution in [2.24, 2.45) is 0 Å². The molecular weight excluding hydrogens is 385 g/mol. The molecule has 0 saturated heterocycles. The summed E-state index contributed by atoms with van der Waals surface area (Å²) in [6.45, 7) is 1.89. The lowest BCUT2D eigenvalue weighted by molar-refractivity contribution is -0.143. The molecule has 0 heterocycles. The molecule has 0 spiro atoms. The third-order valence-electron chi connectivity index (χ3n) is 3.38. The number of carbonyl (C=O) groups excluding carboxylic acids is 1. The second kappa shape index (κ2) is 8.67. The second-order valence-electron chi connectivity index (χ2n) is 5.16. The molecule has 2 aromatic carbocycles. The number of hydrogen-bond donors (Lipinski definition) is 1. The summed E-state index contributed by atoms with van der Waals surface area (Å²) in [5.74, 6) is -0.522. The van der Waals surface area contributed by atoms with Crippen LogP contribution in [0.4, 0.5) is 0 Å². The number of esters is 1. The van der Waals surface area contributed by atoms with Crippen molar-refractivity contribution in [3.05, 3.63) is 64.1 Å². The lowest BCUT2D eigenvalue weighted by atomic mass is 10.1. The van der Waals surface area contributed by atoms with Gasteiger partial charge in [-0.2, -0.15) is 0 Å². The van der Waals surface area contributed by atoms with Crippen LogP contribution in [0.3, 0.4) is 0 Å². The topological polar surface area (TPSA) is 72.5 Å². The summed E-state index contributed by atoms with van der Waals surface area (Å²) in [7, 11) is -3.88. The average molecular weight is 402 g/mol.